The summed E-state index contributed by atoms with van der Waals surface area (Å²) in [5, 5.41) is 3.54. The summed E-state index contributed by atoms with van der Waals surface area (Å²) in [7, 11) is 0. The molecule has 0 aromatic heterocycles. The standard InChI is InChI=1S/C18H19BrFN/c1-12(17-7-2-3-8-18(17)20)21-16-10-14(11-16)13-5-4-6-15(19)9-13/h2-9,12,14,16,21H,10-11H2,1H3/t12-,14?,16?/m1/s1. The first-order valence-corrected chi connectivity index (χ1v) is 8.18. The second-order valence-corrected chi connectivity index (χ2v) is 6.75. The first kappa shape index (κ1) is 14.7. The normalized spacial score (nSPS) is 22.6. The van der Waals surface area contributed by atoms with Crippen molar-refractivity contribution in [3.63, 3.8) is 0 Å². The van der Waals surface area contributed by atoms with E-state index in [2.05, 4.69) is 45.5 Å². The van der Waals surface area contributed by atoms with Gasteiger partial charge in [-0.15, -0.1) is 0 Å². The predicted octanol–water partition coefficient (Wildman–Crippen LogP) is 5.19. The highest BCUT2D eigenvalue weighted by Crippen LogP contribution is 2.38. The highest BCUT2D eigenvalue weighted by molar-refractivity contribution is 9.10. The molecule has 21 heavy (non-hydrogen) atoms. The third kappa shape index (κ3) is 3.35. The Morgan fingerprint density at radius 1 is 1.14 bits per heavy atom. The van der Waals surface area contributed by atoms with Crippen LogP contribution in [0.5, 0.6) is 0 Å². The van der Waals surface area contributed by atoms with E-state index in [1.165, 1.54) is 11.6 Å². The fraction of sp³-hybridized carbons (Fsp3) is 0.333. The van der Waals surface area contributed by atoms with Crippen LogP contribution in [-0.2, 0) is 0 Å². The molecule has 0 radical (unpaired) electrons. The molecular formula is C18H19BrFN. The molecule has 0 amide bonds. The fourth-order valence-corrected chi connectivity index (χ4v) is 3.47. The van der Waals surface area contributed by atoms with Gasteiger partial charge in [-0.25, -0.2) is 4.39 Å². The number of nitrogens with one attached hydrogen (secondary N) is 1. The van der Waals surface area contributed by atoms with Gasteiger partial charge in [0.1, 0.15) is 5.82 Å². The van der Waals surface area contributed by atoms with E-state index in [4.69, 9.17) is 0 Å². The maximum atomic E-state index is 13.8. The summed E-state index contributed by atoms with van der Waals surface area (Å²) in [5.74, 6) is 0.494. The van der Waals surface area contributed by atoms with Gasteiger partial charge in [-0.1, -0.05) is 46.3 Å². The Morgan fingerprint density at radius 2 is 1.90 bits per heavy atom. The molecule has 3 heteroatoms. The van der Waals surface area contributed by atoms with E-state index >= 15 is 0 Å². The molecule has 1 atom stereocenters. The lowest BCUT2D eigenvalue weighted by molar-refractivity contribution is 0.269. The van der Waals surface area contributed by atoms with Gasteiger partial charge in [-0.05, 0) is 49.4 Å². The molecule has 1 aliphatic carbocycles. The quantitative estimate of drug-likeness (QED) is 0.802. The molecule has 1 aliphatic rings. The summed E-state index contributed by atoms with van der Waals surface area (Å²) < 4.78 is 14.9. The summed E-state index contributed by atoms with van der Waals surface area (Å²) in [6.45, 7) is 2.03. The van der Waals surface area contributed by atoms with Crippen molar-refractivity contribution in [1.29, 1.82) is 0 Å². The Kier molecular flexibility index (Phi) is 4.41. The van der Waals surface area contributed by atoms with Crippen LogP contribution in [0.1, 0.15) is 42.9 Å². The van der Waals surface area contributed by atoms with Crippen LogP contribution in [0, 0.1) is 5.82 Å². The summed E-state index contributed by atoms with van der Waals surface area (Å²) >= 11 is 3.52. The molecular weight excluding hydrogens is 329 g/mol. The lowest BCUT2D eigenvalue weighted by atomic mass is 9.75. The largest absolute Gasteiger partial charge is 0.307 e. The average Bonchev–Trinajstić information content (AvgIpc) is 2.42. The van der Waals surface area contributed by atoms with Crippen LogP contribution in [0.25, 0.3) is 0 Å². The zero-order valence-corrected chi connectivity index (χ0v) is 13.6. The zero-order chi connectivity index (χ0) is 14.8. The molecule has 0 bridgehead atoms. The number of benzene rings is 2. The summed E-state index contributed by atoms with van der Waals surface area (Å²) in [6, 6.07) is 16.1. The second kappa shape index (κ2) is 6.29. The first-order chi connectivity index (χ1) is 10.1. The van der Waals surface area contributed by atoms with Gasteiger partial charge in [-0.3, -0.25) is 0 Å². The van der Waals surface area contributed by atoms with Gasteiger partial charge in [0.15, 0.2) is 0 Å². The van der Waals surface area contributed by atoms with Gasteiger partial charge in [0.2, 0.25) is 0 Å². The van der Waals surface area contributed by atoms with Crippen molar-refractivity contribution in [3.8, 4) is 0 Å². The summed E-state index contributed by atoms with van der Waals surface area (Å²) in [4.78, 5) is 0. The van der Waals surface area contributed by atoms with Crippen LogP contribution in [0.15, 0.2) is 53.0 Å². The Balaban J connectivity index is 1.56. The zero-order valence-electron chi connectivity index (χ0n) is 12.0. The van der Waals surface area contributed by atoms with E-state index in [-0.39, 0.29) is 11.9 Å². The van der Waals surface area contributed by atoms with E-state index in [1.54, 1.807) is 6.07 Å². The monoisotopic (exact) mass is 347 g/mol. The summed E-state index contributed by atoms with van der Waals surface area (Å²) in [6.07, 6.45) is 2.24. The van der Waals surface area contributed by atoms with E-state index in [9.17, 15) is 4.39 Å². The minimum atomic E-state index is -0.125. The van der Waals surface area contributed by atoms with Gasteiger partial charge in [0.25, 0.3) is 0 Å². The Labute approximate surface area is 133 Å². The molecule has 110 valence electrons. The number of halogens is 2. The molecule has 2 aromatic rings. The Morgan fingerprint density at radius 3 is 2.62 bits per heavy atom. The minimum absolute atomic E-state index is 0.0552. The third-order valence-corrected chi connectivity index (χ3v) is 4.81. The van der Waals surface area contributed by atoms with E-state index < -0.39 is 0 Å². The third-order valence-electron chi connectivity index (χ3n) is 4.32. The van der Waals surface area contributed by atoms with Crippen LogP contribution in [0.4, 0.5) is 4.39 Å². The molecule has 1 fully saturated rings. The van der Waals surface area contributed by atoms with Gasteiger partial charge in [0, 0.05) is 22.1 Å². The number of hydrogen-bond acceptors (Lipinski definition) is 1. The highest BCUT2D eigenvalue weighted by atomic mass is 79.9. The van der Waals surface area contributed by atoms with E-state index in [1.807, 2.05) is 19.1 Å². The molecule has 1 nitrogen and oxygen atoms in total. The lowest BCUT2D eigenvalue weighted by Gasteiger charge is -2.38. The van der Waals surface area contributed by atoms with E-state index in [0.29, 0.717) is 12.0 Å². The Bertz CT molecular complexity index is 622. The van der Waals surface area contributed by atoms with Crippen molar-refractivity contribution in [2.45, 2.75) is 37.8 Å². The van der Waals surface area contributed by atoms with Crippen molar-refractivity contribution in [2.75, 3.05) is 0 Å². The number of rotatable bonds is 4. The first-order valence-electron chi connectivity index (χ1n) is 7.39. The molecule has 1 N–H and O–H groups in total. The Hall–Kier alpha value is -1.19. The van der Waals surface area contributed by atoms with Crippen molar-refractivity contribution < 1.29 is 4.39 Å². The van der Waals surface area contributed by atoms with Crippen molar-refractivity contribution >= 4 is 15.9 Å². The predicted molar refractivity (Wildman–Crippen MR) is 87.9 cm³/mol. The molecule has 0 saturated heterocycles. The highest BCUT2D eigenvalue weighted by Gasteiger charge is 2.31. The van der Waals surface area contributed by atoms with Crippen molar-refractivity contribution in [1.82, 2.24) is 5.32 Å². The molecule has 0 heterocycles. The minimum Gasteiger partial charge on any atom is -0.307 e. The van der Waals surface area contributed by atoms with Crippen molar-refractivity contribution in [3.05, 3.63) is 69.9 Å². The summed E-state index contributed by atoms with van der Waals surface area (Å²) in [5.41, 5.74) is 2.14. The van der Waals surface area contributed by atoms with Gasteiger partial charge in [-0.2, -0.15) is 0 Å². The maximum Gasteiger partial charge on any atom is 0.127 e. The molecule has 2 aromatic carbocycles. The molecule has 1 saturated carbocycles. The van der Waals surface area contributed by atoms with Gasteiger partial charge < -0.3 is 5.32 Å². The van der Waals surface area contributed by atoms with Crippen LogP contribution in [0.2, 0.25) is 0 Å². The van der Waals surface area contributed by atoms with E-state index in [0.717, 1.165) is 22.9 Å². The molecule has 0 aliphatic heterocycles. The second-order valence-electron chi connectivity index (χ2n) is 5.83. The van der Waals surface area contributed by atoms with Crippen molar-refractivity contribution in [2.24, 2.45) is 0 Å². The SMILES string of the molecule is C[C@@H](NC1CC(c2cccc(Br)c2)C1)c1ccccc1F. The van der Waals surface area contributed by atoms with Crippen LogP contribution in [0.3, 0.4) is 0 Å². The molecule has 3 rings (SSSR count). The molecule has 0 unspecified atom stereocenters. The fourth-order valence-electron chi connectivity index (χ4n) is 3.06. The number of hydrogen-bond donors (Lipinski definition) is 1. The smallest absolute Gasteiger partial charge is 0.127 e. The van der Waals surface area contributed by atoms with Crippen LogP contribution in [-0.4, -0.2) is 6.04 Å². The van der Waals surface area contributed by atoms with Gasteiger partial charge in [0.05, 0.1) is 0 Å². The van der Waals surface area contributed by atoms with Crippen LogP contribution >= 0.6 is 15.9 Å². The molecule has 0 spiro atoms. The van der Waals surface area contributed by atoms with Crippen LogP contribution < -0.4 is 5.32 Å². The van der Waals surface area contributed by atoms with Gasteiger partial charge >= 0.3 is 0 Å². The topological polar surface area (TPSA) is 12.0 Å². The maximum absolute atomic E-state index is 13.8. The lowest BCUT2D eigenvalue weighted by Crippen LogP contribution is -2.41. The average molecular weight is 348 g/mol.